The summed E-state index contributed by atoms with van der Waals surface area (Å²) in [4.78, 5) is 30.8. The number of amides is 2. The number of carbonyl (C=O) groups excluding carboxylic acids is 2. The number of hydrogen-bond donors (Lipinski definition) is 4. The van der Waals surface area contributed by atoms with Crippen LogP contribution in [-0.2, 0) is 4.79 Å². The fourth-order valence-electron chi connectivity index (χ4n) is 3.50. The fraction of sp³-hybridized carbons (Fsp3) is 0.375. The summed E-state index contributed by atoms with van der Waals surface area (Å²) in [6.45, 7) is 3.43. The molecule has 4 N–H and O–H groups in total. The Balaban J connectivity index is 1.62. The van der Waals surface area contributed by atoms with E-state index < -0.39 is 24.0 Å². The molecule has 1 fully saturated rings. The van der Waals surface area contributed by atoms with Crippen LogP contribution < -0.4 is 15.7 Å². The highest BCUT2D eigenvalue weighted by atomic mass is 16.5. The number of carbonyl (C=O) groups is 2. The SMILES string of the molecule is CC(O)C(NC(=O)c1ccc(C#Cc2ccc(N3CCCCCC3)nc2)cc1)C(=O)NO. The van der Waals surface area contributed by atoms with E-state index in [1.54, 1.807) is 30.5 Å². The molecule has 0 saturated carbocycles. The maximum absolute atomic E-state index is 12.3. The molecule has 0 bridgehead atoms. The maximum atomic E-state index is 12.3. The lowest BCUT2D eigenvalue weighted by Crippen LogP contribution is -2.51. The molecule has 1 aromatic heterocycles. The fourth-order valence-corrected chi connectivity index (χ4v) is 3.50. The van der Waals surface area contributed by atoms with Crippen LogP contribution in [0.5, 0.6) is 0 Å². The molecule has 1 saturated heterocycles. The molecule has 0 spiro atoms. The van der Waals surface area contributed by atoms with Crippen LogP contribution in [0, 0.1) is 11.8 Å². The van der Waals surface area contributed by atoms with Crippen LogP contribution >= 0.6 is 0 Å². The van der Waals surface area contributed by atoms with Crippen molar-refractivity contribution in [2.75, 3.05) is 18.0 Å². The minimum Gasteiger partial charge on any atom is -0.391 e. The van der Waals surface area contributed by atoms with Crippen molar-refractivity contribution in [3.05, 3.63) is 59.3 Å². The quantitative estimate of drug-likeness (QED) is 0.323. The predicted octanol–water partition coefficient (Wildman–Crippen LogP) is 1.85. The molecule has 1 aromatic carbocycles. The van der Waals surface area contributed by atoms with Crippen molar-refractivity contribution in [1.82, 2.24) is 15.8 Å². The Hall–Kier alpha value is -3.41. The van der Waals surface area contributed by atoms with Crippen LogP contribution in [0.2, 0.25) is 0 Å². The summed E-state index contributed by atoms with van der Waals surface area (Å²) in [5.74, 6) is 5.67. The van der Waals surface area contributed by atoms with Gasteiger partial charge < -0.3 is 15.3 Å². The number of hydrogen-bond acceptors (Lipinski definition) is 6. The minimum atomic E-state index is -1.27. The molecular formula is C24H28N4O4. The average molecular weight is 437 g/mol. The molecule has 0 aliphatic carbocycles. The Morgan fingerprint density at radius 1 is 1.00 bits per heavy atom. The largest absolute Gasteiger partial charge is 0.391 e. The number of rotatable bonds is 5. The van der Waals surface area contributed by atoms with E-state index in [9.17, 15) is 14.7 Å². The number of aliphatic hydroxyl groups is 1. The molecule has 2 atom stereocenters. The van der Waals surface area contributed by atoms with Gasteiger partial charge in [-0.05, 0) is 56.2 Å². The van der Waals surface area contributed by atoms with Crippen LogP contribution in [0.4, 0.5) is 5.82 Å². The minimum absolute atomic E-state index is 0.301. The summed E-state index contributed by atoms with van der Waals surface area (Å²) in [6.07, 6.45) is 5.56. The van der Waals surface area contributed by atoms with Crippen LogP contribution in [0.25, 0.3) is 0 Å². The Morgan fingerprint density at radius 2 is 1.62 bits per heavy atom. The molecule has 2 aromatic rings. The third-order valence-corrected chi connectivity index (χ3v) is 5.34. The first-order valence-corrected chi connectivity index (χ1v) is 10.7. The summed E-state index contributed by atoms with van der Waals surface area (Å²) in [7, 11) is 0. The zero-order chi connectivity index (χ0) is 22.9. The zero-order valence-corrected chi connectivity index (χ0v) is 18.0. The lowest BCUT2D eigenvalue weighted by atomic mass is 10.1. The summed E-state index contributed by atoms with van der Waals surface area (Å²) in [6, 6.07) is 9.26. The lowest BCUT2D eigenvalue weighted by Gasteiger charge is -2.21. The van der Waals surface area contributed by atoms with Gasteiger partial charge in [-0.15, -0.1) is 0 Å². The molecule has 8 heteroatoms. The van der Waals surface area contributed by atoms with Gasteiger partial charge in [0, 0.05) is 36.0 Å². The number of aromatic nitrogens is 1. The van der Waals surface area contributed by atoms with E-state index in [1.807, 2.05) is 12.1 Å². The molecule has 168 valence electrons. The molecule has 1 aliphatic heterocycles. The zero-order valence-electron chi connectivity index (χ0n) is 18.0. The van der Waals surface area contributed by atoms with Gasteiger partial charge in [-0.25, -0.2) is 10.5 Å². The normalized spacial score (nSPS) is 15.5. The Labute approximate surface area is 187 Å². The number of hydroxylamine groups is 1. The van der Waals surface area contributed by atoms with Gasteiger partial charge in [-0.3, -0.25) is 14.8 Å². The van der Waals surface area contributed by atoms with Crippen LogP contribution in [0.1, 0.15) is 54.1 Å². The monoisotopic (exact) mass is 436 g/mol. The molecule has 1 aliphatic rings. The first kappa shape index (κ1) is 23.3. The molecule has 32 heavy (non-hydrogen) atoms. The van der Waals surface area contributed by atoms with Crippen molar-refractivity contribution < 1.29 is 19.9 Å². The van der Waals surface area contributed by atoms with Gasteiger partial charge in [0.2, 0.25) is 0 Å². The first-order chi connectivity index (χ1) is 15.5. The van der Waals surface area contributed by atoms with E-state index in [-0.39, 0.29) is 0 Å². The van der Waals surface area contributed by atoms with Gasteiger partial charge in [0.1, 0.15) is 11.9 Å². The second-order valence-electron chi connectivity index (χ2n) is 7.80. The number of pyridine rings is 1. The van der Waals surface area contributed by atoms with Crippen molar-refractivity contribution >= 4 is 17.6 Å². The Bertz CT molecular complexity index is 970. The second-order valence-corrected chi connectivity index (χ2v) is 7.80. The van der Waals surface area contributed by atoms with Crippen molar-refractivity contribution in [2.24, 2.45) is 0 Å². The molecule has 0 radical (unpaired) electrons. The van der Waals surface area contributed by atoms with Crippen LogP contribution in [0.15, 0.2) is 42.6 Å². The Kier molecular flexibility index (Phi) is 8.20. The molecule has 2 unspecified atom stereocenters. The number of anilines is 1. The number of benzene rings is 1. The molecule has 2 amide bonds. The van der Waals surface area contributed by atoms with E-state index in [0.717, 1.165) is 30.0 Å². The average Bonchev–Trinajstić information content (AvgIpc) is 3.10. The van der Waals surface area contributed by atoms with Crippen LogP contribution in [-0.4, -0.2) is 52.3 Å². The lowest BCUT2D eigenvalue weighted by molar-refractivity contribution is -0.133. The topological polar surface area (TPSA) is 115 Å². The van der Waals surface area contributed by atoms with Crippen molar-refractivity contribution in [3.63, 3.8) is 0 Å². The first-order valence-electron chi connectivity index (χ1n) is 10.7. The summed E-state index contributed by atoms with van der Waals surface area (Å²) >= 11 is 0. The molecule has 3 rings (SSSR count). The maximum Gasteiger partial charge on any atom is 0.268 e. The van der Waals surface area contributed by atoms with E-state index in [4.69, 9.17) is 5.21 Å². The second kappa shape index (κ2) is 11.3. The van der Waals surface area contributed by atoms with E-state index in [0.29, 0.717) is 5.56 Å². The number of nitrogens with zero attached hydrogens (tertiary/aromatic N) is 2. The van der Waals surface area contributed by atoms with Gasteiger partial charge >= 0.3 is 0 Å². The van der Waals surface area contributed by atoms with Crippen LogP contribution in [0.3, 0.4) is 0 Å². The van der Waals surface area contributed by atoms with Gasteiger partial charge in [0.25, 0.3) is 11.8 Å². The van der Waals surface area contributed by atoms with E-state index in [2.05, 4.69) is 27.0 Å². The summed E-state index contributed by atoms with van der Waals surface area (Å²) in [5, 5.41) is 20.7. The van der Waals surface area contributed by atoms with E-state index >= 15 is 0 Å². The molecule has 8 nitrogen and oxygen atoms in total. The number of aliphatic hydroxyl groups excluding tert-OH is 1. The van der Waals surface area contributed by atoms with Gasteiger partial charge in [0.15, 0.2) is 0 Å². The highest BCUT2D eigenvalue weighted by Crippen LogP contribution is 2.17. The molecule has 2 heterocycles. The Morgan fingerprint density at radius 3 is 2.19 bits per heavy atom. The van der Waals surface area contributed by atoms with Crippen molar-refractivity contribution in [3.8, 4) is 11.8 Å². The highest BCUT2D eigenvalue weighted by Gasteiger charge is 2.25. The highest BCUT2D eigenvalue weighted by molar-refractivity contribution is 5.97. The summed E-state index contributed by atoms with van der Waals surface area (Å²) < 4.78 is 0. The third-order valence-electron chi connectivity index (χ3n) is 5.34. The van der Waals surface area contributed by atoms with Gasteiger partial charge in [-0.1, -0.05) is 24.7 Å². The number of nitrogens with one attached hydrogen (secondary N) is 2. The molecular weight excluding hydrogens is 408 g/mol. The van der Waals surface area contributed by atoms with Gasteiger partial charge in [0.05, 0.1) is 6.10 Å². The van der Waals surface area contributed by atoms with Crippen molar-refractivity contribution in [1.29, 1.82) is 0 Å². The standard InChI is InChI=1S/C24H28N4O4/c1-17(29)22(24(31)27-32)26-23(30)20-11-8-18(9-12-20)6-7-19-10-13-21(25-16-19)28-14-4-2-3-5-15-28/h8-13,16-17,22,29,32H,2-5,14-15H2,1H3,(H,26,30)(H,27,31). The summed E-state index contributed by atoms with van der Waals surface area (Å²) in [5.41, 5.74) is 3.26. The smallest absolute Gasteiger partial charge is 0.268 e. The van der Waals surface area contributed by atoms with Crippen molar-refractivity contribution in [2.45, 2.75) is 44.8 Å². The van der Waals surface area contributed by atoms with Gasteiger partial charge in [-0.2, -0.15) is 0 Å². The third kappa shape index (κ3) is 6.30. The predicted molar refractivity (Wildman–Crippen MR) is 120 cm³/mol. The van der Waals surface area contributed by atoms with E-state index in [1.165, 1.54) is 38.1 Å².